The van der Waals surface area contributed by atoms with Gasteiger partial charge < -0.3 is 0 Å². The van der Waals surface area contributed by atoms with Crippen LogP contribution in [-0.2, 0) is 13.7 Å². The molecule has 0 aliphatic heterocycles. The van der Waals surface area contributed by atoms with Crippen molar-refractivity contribution in [2.45, 2.75) is 0 Å². The normalized spacial score (nSPS) is 11.9. The van der Waals surface area contributed by atoms with Gasteiger partial charge in [-0.05, 0) is 0 Å². The summed E-state index contributed by atoms with van der Waals surface area (Å²) in [6.45, 7) is 0. The highest BCUT2D eigenvalue weighted by Gasteiger charge is 2.13. The first kappa shape index (κ1) is 7.12. The van der Waals surface area contributed by atoms with Crippen LogP contribution in [0.2, 0.25) is 0 Å². The van der Waals surface area contributed by atoms with E-state index < -0.39 is 16.7 Å². The average Bonchev–Trinajstić information content (AvgIpc) is 1.61. The summed E-state index contributed by atoms with van der Waals surface area (Å²) in [5.74, 6) is 0. The van der Waals surface area contributed by atoms with Gasteiger partial charge in [0.1, 0.15) is 0 Å². The van der Waals surface area contributed by atoms with Crippen LogP contribution in [-0.4, -0.2) is 11.2 Å². The minimum absolute atomic E-state index is 0.161. The molecule has 0 aliphatic carbocycles. The van der Waals surface area contributed by atoms with E-state index in [2.05, 4.69) is 4.52 Å². The zero-order chi connectivity index (χ0) is 5.70. The molecule has 2 atom stereocenters. The molecule has 1 N–H and O–H groups in total. The average molecular weight is 142 g/mol. The van der Waals surface area contributed by atoms with E-state index in [0.29, 0.717) is 0 Å². The molecule has 40 valence electrons. The predicted octanol–water partition coefficient (Wildman–Crippen LogP) is 0.634. The van der Waals surface area contributed by atoms with Crippen LogP contribution in [0.1, 0.15) is 0 Å². The van der Waals surface area contributed by atoms with E-state index >= 15 is 0 Å². The fourth-order valence-corrected chi connectivity index (χ4v) is 0.734. The van der Waals surface area contributed by atoms with Crippen molar-refractivity contribution in [2.24, 2.45) is 0 Å². The molecule has 6 heteroatoms. The predicted molar refractivity (Wildman–Crippen MR) is 24.8 cm³/mol. The Balaban J connectivity index is 2.97. The van der Waals surface area contributed by atoms with Gasteiger partial charge in [0.05, 0.1) is 0 Å². The highest BCUT2D eigenvalue weighted by molar-refractivity contribution is 7.33. The van der Waals surface area contributed by atoms with Gasteiger partial charge in [0, 0.05) is 4.57 Å². The Hall–Kier alpha value is 0.120. The maximum Gasteiger partial charge on any atom is 0.699 e. The molecule has 4 nitrogen and oxygen atoms in total. The highest BCUT2D eigenvalue weighted by Crippen LogP contribution is 2.15. The summed E-state index contributed by atoms with van der Waals surface area (Å²) in [4.78, 5) is 7.84. The molecule has 0 saturated heterocycles. The minimum atomic E-state index is -2.55. The first-order chi connectivity index (χ1) is 3.27. The van der Waals surface area contributed by atoms with Crippen molar-refractivity contribution >= 4 is 16.7 Å². The summed E-state index contributed by atoms with van der Waals surface area (Å²) in [6, 6.07) is 0. The van der Waals surface area contributed by atoms with Crippen LogP contribution in [0.4, 0.5) is 0 Å². The lowest BCUT2D eigenvalue weighted by Crippen LogP contribution is -1.69. The van der Waals surface area contributed by atoms with Crippen LogP contribution in [0.3, 0.4) is 0 Å². The summed E-state index contributed by atoms with van der Waals surface area (Å²) in [5.41, 5.74) is 0. The van der Waals surface area contributed by atoms with Crippen molar-refractivity contribution < 1.29 is 18.5 Å². The molecule has 0 aromatic heterocycles. The maximum atomic E-state index is 9.55. The lowest BCUT2D eigenvalue weighted by atomic mass is 11.7. The molecule has 0 spiro atoms. The second kappa shape index (κ2) is 4.28. The molecule has 0 fully saturated rings. The monoisotopic (exact) mass is 142 g/mol. The van der Waals surface area contributed by atoms with Gasteiger partial charge in [-0.15, -0.1) is 4.89 Å². The zero-order valence-electron chi connectivity index (χ0n) is 3.33. The fraction of sp³-hybridized carbons (Fsp3) is 1.00. The molecule has 0 rings (SSSR count). The second-order valence-corrected chi connectivity index (χ2v) is 1.97. The molecule has 0 saturated carbocycles. The SMILES string of the molecule is O=[PH+]CO[P+](=O)O. The van der Waals surface area contributed by atoms with Gasteiger partial charge in [-0.2, -0.15) is 0 Å². The molecular formula is CH4O4P2+2. The van der Waals surface area contributed by atoms with Gasteiger partial charge in [-0.3, -0.25) is 0 Å². The lowest BCUT2D eigenvalue weighted by Gasteiger charge is -1.60. The summed E-state index contributed by atoms with van der Waals surface area (Å²) < 4.78 is 23.0. The third-order valence-corrected chi connectivity index (χ3v) is 1.09. The topological polar surface area (TPSA) is 63.6 Å². The zero-order valence-corrected chi connectivity index (χ0v) is 5.22. The van der Waals surface area contributed by atoms with E-state index in [1.807, 2.05) is 0 Å². The van der Waals surface area contributed by atoms with Gasteiger partial charge >= 0.3 is 16.7 Å². The minimum Gasteiger partial charge on any atom is -0.133 e. The number of rotatable bonds is 3. The molecule has 0 amide bonds. The van der Waals surface area contributed by atoms with Gasteiger partial charge in [0.25, 0.3) is 6.35 Å². The van der Waals surface area contributed by atoms with Gasteiger partial charge in [0.2, 0.25) is 0 Å². The van der Waals surface area contributed by atoms with Crippen molar-refractivity contribution in [3.05, 3.63) is 0 Å². The molecule has 0 aromatic carbocycles. The molecule has 0 aliphatic rings. The van der Waals surface area contributed by atoms with Crippen LogP contribution >= 0.6 is 16.7 Å². The van der Waals surface area contributed by atoms with Crippen LogP contribution in [0.25, 0.3) is 0 Å². The Morgan fingerprint density at radius 3 is 2.57 bits per heavy atom. The quantitative estimate of drug-likeness (QED) is 0.587. The van der Waals surface area contributed by atoms with Crippen LogP contribution < -0.4 is 0 Å². The Kier molecular flexibility index (Phi) is 4.36. The van der Waals surface area contributed by atoms with Crippen LogP contribution in [0.5, 0.6) is 0 Å². The van der Waals surface area contributed by atoms with Crippen LogP contribution in [0, 0.1) is 0 Å². The molecule has 0 heterocycles. The van der Waals surface area contributed by atoms with E-state index in [1.54, 1.807) is 0 Å². The Labute approximate surface area is 42.6 Å². The molecule has 0 bridgehead atoms. The number of hydrogen-bond donors (Lipinski definition) is 1. The third-order valence-electron chi connectivity index (χ3n) is 0.234. The van der Waals surface area contributed by atoms with Crippen LogP contribution in [0.15, 0.2) is 0 Å². The summed E-state index contributed by atoms with van der Waals surface area (Å²) >= 11 is 0. The largest absolute Gasteiger partial charge is 0.699 e. The van der Waals surface area contributed by atoms with Crippen molar-refractivity contribution in [2.75, 3.05) is 6.35 Å². The standard InChI is InChI=1S/CH2O4P2/c2-6-1-5-7(3)4/h1H2/p+2. The van der Waals surface area contributed by atoms with E-state index in [1.165, 1.54) is 0 Å². The maximum absolute atomic E-state index is 9.55. The van der Waals surface area contributed by atoms with Crippen molar-refractivity contribution in [1.29, 1.82) is 0 Å². The van der Waals surface area contributed by atoms with E-state index in [0.717, 1.165) is 0 Å². The van der Waals surface area contributed by atoms with Gasteiger partial charge in [0.15, 0.2) is 0 Å². The Morgan fingerprint density at radius 2 is 2.43 bits per heavy atom. The van der Waals surface area contributed by atoms with Gasteiger partial charge in [-0.1, -0.05) is 9.09 Å². The lowest BCUT2D eigenvalue weighted by molar-refractivity contribution is 0.327. The summed E-state index contributed by atoms with van der Waals surface area (Å²) in [5, 5.41) is 0. The molecule has 0 aromatic rings. The Morgan fingerprint density at radius 1 is 1.86 bits per heavy atom. The summed E-state index contributed by atoms with van der Waals surface area (Å²) in [6.07, 6.45) is -0.161. The van der Waals surface area contributed by atoms with Gasteiger partial charge in [-0.25, -0.2) is 0 Å². The highest BCUT2D eigenvalue weighted by atomic mass is 31.1. The van der Waals surface area contributed by atoms with Crippen molar-refractivity contribution in [3.8, 4) is 0 Å². The van der Waals surface area contributed by atoms with Crippen molar-refractivity contribution in [1.82, 2.24) is 0 Å². The first-order valence-electron chi connectivity index (χ1n) is 1.41. The van der Waals surface area contributed by atoms with Crippen molar-refractivity contribution in [3.63, 3.8) is 0 Å². The second-order valence-electron chi connectivity index (χ2n) is 0.656. The van der Waals surface area contributed by atoms with E-state index in [4.69, 9.17) is 4.89 Å². The number of hydrogen-bond acceptors (Lipinski definition) is 3. The summed E-state index contributed by atoms with van der Waals surface area (Å²) in [7, 11) is -3.21. The van der Waals surface area contributed by atoms with E-state index in [-0.39, 0.29) is 6.35 Å². The first-order valence-corrected chi connectivity index (χ1v) is 3.66. The Bertz CT molecular complexity index is 79.8. The molecule has 2 unspecified atom stereocenters. The molecular weight excluding hydrogens is 138 g/mol. The smallest absolute Gasteiger partial charge is 0.133 e. The fourth-order valence-electron chi connectivity index (χ4n) is 0.0816. The molecule has 0 radical (unpaired) electrons. The van der Waals surface area contributed by atoms with E-state index in [9.17, 15) is 9.13 Å². The third kappa shape index (κ3) is 6.12. The molecule has 7 heavy (non-hydrogen) atoms.